The second-order valence-corrected chi connectivity index (χ2v) is 7.68. The van der Waals surface area contributed by atoms with E-state index in [9.17, 15) is 15.0 Å². The van der Waals surface area contributed by atoms with Crippen LogP contribution >= 0.6 is 0 Å². The van der Waals surface area contributed by atoms with Gasteiger partial charge in [-0.05, 0) is 41.7 Å². The molecule has 0 bridgehead atoms. The second kappa shape index (κ2) is 8.46. The molecule has 0 aromatic heterocycles. The van der Waals surface area contributed by atoms with Gasteiger partial charge in [-0.25, -0.2) is 4.79 Å². The summed E-state index contributed by atoms with van der Waals surface area (Å²) in [6.45, 7) is 0. The van der Waals surface area contributed by atoms with E-state index in [1.165, 1.54) is 0 Å². The van der Waals surface area contributed by atoms with Crippen LogP contribution in [0.3, 0.4) is 0 Å². The lowest BCUT2D eigenvalue weighted by Gasteiger charge is -2.38. The van der Waals surface area contributed by atoms with Crippen molar-refractivity contribution >= 4 is 5.97 Å². The highest BCUT2D eigenvalue weighted by Gasteiger charge is 2.43. The summed E-state index contributed by atoms with van der Waals surface area (Å²) in [5, 5.41) is 20.6. The topological polar surface area (TPSA) is 66.8 Å². The third-order valence-corrected chi connectivity index (χ3v) is 5.59. The third-order valence-electron chi connectivity index (χ3n) is 5.59. The predicted molar refractivity (Wildman–Crippen MR) is 115 cm³/mol. The quantitative estimate of drug-likeness (QED) is 0.557. The number of aliphatic hydroxyl groups excluding tert-OH is 1. The molecule has 0 spiro atoms. The van der Waals surface area contributed by atoms with Gasteiger partial charge >= 0.3 is 5.97 Å². The number of aromatic hydroxyl groups is 1. The van der Waals surface area contributed by atoms with E-state index < -0.39 is 11.6 Å². The summed E-state index contributed by atoms with van der Waals surface area (Å²) < 4.78 is 6.05. The normalized spacial score (nSPS) is 18.9. The number of hydrogen-bond donors (Lipinski definition) is 2. The van der Waals surface area contributed by atoms with Crippen LogP contribution in [0, 0.1) is 0 Å². The summed E-state index contributed by atoms with van der Waals surface area (Å²) in [6, 6.07) is 26.3. The number of carbonyl (C=O) groups excluding carboxylic acids is 1. The van der Waals surface area contributed by atoms with Crippen molar-refractivity contribution in [3.8, 4) is 5.75 Å². The molecule has 3 aromatic carbocycles. The van der Waals surface area contributed by atoms with E-state index in [2.05, 4.69) is 0 Å². The SMILES string of the molecule is O=C1OC(CCc2ccccc2)(c2ccccc2)CC(O)=C1Cc1cccc(O)c1. The number of ether oxygens (including phenoxy) is 1. The zero-order valence-corrected chi connectivity index (χ0v) is 16.6. The van der Waals surface area contributed by atoms with E-state index in [0.29, 0.717) is 6.42 Å². The van der Waals surface area contributed by atoms with Gasteiger partial charge < -0.3 is 14.9 Å². The van der Waals surface area contributed by atoms with Gasteiger partial charge in [0.15, 0.2) is 0 Å². The Hall–Kier alpha value is -3.53. The number of aryl methyl sites for hydroxylation is 1. The van der Waals surface area contributed by atoms with Crippen molar-refractivity contribution in [3.63, 3.8) is 0 Å². The molecule has 0 saturated carbocycles. The first-order valence-corrected chi connectivity index (χ1v) is 10.1. The average molecular weight is 400 g/mol. The Morgan fingerprint density at radius 1 is 0.833 bits per heavy atom. The fourth-order valence-corrected chi connectivity index (χ4v) is 3.99. The summed E-state index contributed by atoms with van der Waals surface area (Å²) >= 11 is 0. The molecule has 30 heavy (non-hydrogen) atoms. The molecule has 0 fully saturated rings. The molecule has 3 aromatic rings. The number of esters is 1. The Morgan fingerprint density at radius 2 is 1.50 bits per heavy atom. The van der Waals surface area contributed by atoms with Gasteiger partial charge in [0.2, 0.25) is 0 Å². The van der Waals surface area contributed by atoms with E-state index in [-0.39, 0.29) is 29.9 Å². The maximum atomic E-state index is 13.0. The summed E-state index contributed by atoms with van der Waals surface area (Å²) in [5.74, 6) is -0.344. The minimum Gasteiger partial charge on any atom is -0.512 e. The van der Waals surface area contributed by atoms with Crippen LogP contribution in [-0.4, -0.2) is 16.2 Å². The third kappa shape index (κ3) is 4.23. The van der Waals surface area contributed by atoms with Crippen molar-refractivity contribution in [3.05, 3.63) is 113 Å². The van der Waals surface area contributed by atoms with Crippen LogP contribution in [-0.2, 0) is 28.0 Å². The Labute approximate surface area is 176 Å². The van der Waals surface area contributed by atoms with Gasteiger partial charge in [0, 0.05) is 12.8 Å². The Morgan fingerprint density at radius 3 is 2.17 bits per heavy atom. The smallest absolute Gasteiger partial charge is 0.338 e. The number of hydrogen-bond acceptors (Lipinski definition) is 4. The fourth-order valence-electron chi connectivity index (χ4n) is 3.99. The highest BCUT2D eigenvalue weighted by atomic mass is 16.6. The van der Waals surface area contributed by atoms with Crippen molar-refractivity contribution < 1.29 is 19.7 Å². The molecule has 4 rings (SSSR count). The summed E-state index contributed by atoms with van der Waals surface area (Å²) in [6.07, 6.45) is 1.72. The van der Waals surface area contributed by atoms with Crippen molar-refractivity contribution in [2.45, 2.75) is 31.3 Å². The monoisotopic (exact) mass is 400 g/mol. The van der Waals surface area contributed by atoms with E-state index in [1.54, 1.807) is 18.2 Å². The van der Waals surface area contributed by atoms with Crippen molar-refractivity contribution in [1.29, 1.82) is 0 Å². The van der Waals surface area contributed by atoms with Crippen LogP contribution in [0.15, 0.2) is 96.3 Å². The number of carbonyl (C=O) groups is 1. The number of cyclic esters (lactones) is 1. The highest BCUT2D eigenvalue weighted by molar-refractivity contribution is 5.91. The van der Waals surface area contributed by atoms with Crippen LogP contribution in [0.5, 0.6) is 5.75 Å². The zero-order valence-electron chi connectivity index (χ0n) is 16.6. The van der Waals surface area contributed by atoms with Crippen LogP contribution in [0.2, 0.25) is 0 Å². The molecular formula is C26H24O4. The fraction of sp³-hybridized carbons (Fsp3) is 0.192. The van der Waals surface area contributed by atoms with Gasteiger partial charge in [0.25, 0.3) is 0 Å². The van der Waals surface area contributed by atoms with E-state index >= 15 is 0 Å². The van der Waals surface area contributed by atoms with Gasteiger partial charge in [-0.2, -0.15) is 0 Å². The minimum atomic E-state index is -0.916. The largest absolute Gasteiger partial charge is 0.512 e. The first kappa shape index (κ1) is 19.8. The number of aliphatic hydroxyl groups is 1. The minimum absolute atomic E-state index is 0.0477. The average Bonchev–Trinajstić information content (AvgIpc) is 2.76. The first-order chi connectivity index (χ1) is 14.6. The molecule has 1 heterocycles. The van der Waals surface area contributed by atoms with Crippen molar-refractivity contribution in [2.24, 2.45) is 0 Å². The van der Waals surface area contributed by atoms with Gasteiger partial charge in [0.05, 0.1) is 5.57 Å². The van der Waals surface area contributed by atoms with Gasteiger partial charge in [-0.1, -0.05) is 72.8 Å². The van der Waals surface area contributed by atoms with E-state index in [4.69, 9.17) is 4.74 Å². The molecule has 1 aliphatic heterocycles. The van der Waals surface area contributed by atoms with Crippen molar-refractivity contribution in [1.82, 2.24) is 0 Å². The Bertz CT molecular complexity index is 1060. The van der Waals surface area contributed by atoms with Gasteiger partial charge in [0.1, 0.15) is 17.1 Å². The summed E-state index contributed by atoms with van der Waals surface area (Å²) in [4.78, 5) is 13.0. The molecule has 0 amide bonds. The standard InChI is InChI=1S/C26H24O4/c27-22-13-7-10-20(16-22)17-23-24(28)18-26(30-25(23)29,21-11-5-2-6-12-21)15-14-19-8-3-1-4-9-19/h1-13,16,27-28H,14-15,17-18H2. The first-order valence-electron chi connectivity index (χ1n) is 10.1. The highest BCUT2D eigenvalue weighted by Crippen LogP contribution is 2.42. The number of benzene rings is 3. The molecule has 1 aliphatic rings. The van der Waals surface area contributed by atoms with Gasteiger partial charge in [-0.3, -0.25) is 0 Å². The summed E-state index contributed by atoms with van der Waals surface area (Å²) in [7, 11) is 0. The zero-order chi connectivity index (χ0) is 21.0. The molecule has 4 nitrogen and oxygen atoms in total. The Kier molecular flexibility index (Phi) is 5.57. The Balaban J connectivity index is 1.64. The lowest BCUT2D eigenvalue weighted by Crippen LogP contribution is -2.38. The number of phenols is 1. The van der Waals surface area contributed by atoms with E-state index in [0.717, 1.165) is 23.1 Å². The van der Waals surface area contributed by atoms with Gasteiger partial charge in [-0.15, -0.1) is 0 Å². The lowest BCUT2D eigenvalue weighted by atomic mass is 9.81. The number of rotatable bonds is 6. The maximum Gasteiger partial charge on any atom is 0.338 e. The van der Waals surface area contributed by atoms with Crippen LogP contribution in [0.1, 0.15) is 29.5 Å². The van der Waals surface area contributed by atoms with Crippen LogP contribution in [0.25, 0.3) is 0 Å². The molecule has 2 N–H and O–H groups in total. The predicted octanol–water partition coefficient (Wildman–Crippen LogP) is 5.22. The molecule has 0 radical (unpaired) electrons. The summed E-state index contributed by atoms with van der Waals surface area (Å²) in [5.41, 5.74) is 2.09. The van der Waals surface area contributed by atoms with Crippen LogP contribution < -0.4 is 0 Å². The number of phenolic OH excluding ortho intramolecular Hbond substituents is 1. The molecule has 4 heteroatoms. The lowest BCUT2D eigenvalue weighted by molar-refractivity contribution is -0.161. The molecule has 152 valence electrons. The second-order valence-electron chi connectivity index (χ2n) is 7.68. The van der Waals surface area contributed by atoms with E-state index in [1.807, 2.05) is 66.7 Å². The van der Waals surface area contributed by atoms with Crippen molar-refractivity contribution in [2.75, 3.05) is 0 Å². The maximum absolute atomic E-state index is 13.0. The molecule has 0 saturated heterocycles. The molecule has 1 atom stereocenters. The molecule has 1 unspecified atom stereocenters. The molecular weight excluding hydrogens is 376 g/mol. The molecule has 0 aliphatic carbocycles. The van der Waals surface area contributed by atoms with Crippen LogP contribution in [0.4, 0.5) is 0 Å².